The van der Waals surface area contributed by atoms with Crippen LogP contribution in [0.1, 0.15) is 27.2 Å². The van der Waals surface area contributed by atoms with E-state index >= 15 is 0 Å². The lowest BCUT2D eigenvalue weighted by Crippen LogP contribution is -2.37. The van der Waals surface area contributed by atoms with Crippen LogP contribution in [0.2, 0.25) is 0 Å². The summed E-state index contributed by atoms with van der Waals surface area (Å²) in [4.78, 5) is 26.0. The zero-order valence-electron chi connectivity index (χ0n) is 19.7. The largest absolute Gasteiger partial charge is 0.435 e. The molecule has 0 saturated heterocycles. The molecule has 2 heterocycles. The van der Waals surface area contributed by atoms with Crippen LogP contribution in [-0.4, -0.2) is 34.4 Å². The molecule has 182 valence electrons. The van der Waals surface area contributed by atoms with E-state index in [1.165, 1.54) is 30.3 Å². The van der Waals surface area contributed by atoms with E-state index in [-0.39, 0.29) is 29.6 Å². The summed E-state index contributed by atoms with van der Waals surface area (Å²) in [6.45, 7) is 1.14. The minimum atomic E-state index is -0.521. The molecule has 1 amide bonds. The molecule has 8 heteroatoms. The predicted octanol–water partition coefficient (Wildman–Crippen LogP) is 5.38. The van der Waals surface area contributed by atoms with Crippen LogP contribution < -0.4 is 9.64 Å². The first-order chi connectivity index (χ1) is 17.5. The SMILES string of the molecule is CN(Cc1ccccc1)c1nc2c(c(Oc3ccccc3F)n1)CN(C(=O)c1cccc(F)c1)CC2. The highest BCUT2D eigenvalue weighted by Crippen LogP contribution is 2.33. The molecule has 1 aromatic heterocycles. The number of hydrogen-bond donors (Lipinski definition) is 0. The van der Waals surface area contributed by atoms with Crippen LogP contribution in [0.5, 0.6) is 11.6 Å². The van der Waals surface area contributed by atoms with E-state index in [1.807, 2.05) is 42.3 Å². The number of ether oxygens (including phenoxy) is 1. The van der Waals surface area contributed by atoms with Crippen molar-refractivity contribution in [2.75, 3.05) is 18.5 Å². The van der Waals surface area contributed by atoms with Crippen LogP contribution in [-0.2, 0) is 19.5 Å². The molecule has 0 saturated carbocycles. The first-order valence-electron chi connectivity index (χ1n) is 11.6. The van der Waals surface area contributed by atoms with Crippen molar-refractivity contribution in [3.05, 3.63) is 113 Å². The number of rotatable bonds is 6. The number of carbonyl (C=O) groups excluding carboxylic acids is 1. The molecule has 0 radical (unpaired) electrons. The molecule has 5 rings (SSSR count). The number of anilines is 1. The average Bonchev–Trinajstić information content (AvgIpc) is 2.90. The zero-order chi connectivity index (χ0) is 25.1. The summed E-state index contributed by atoms with van der Waals surface area (Å²) in [6.07, 6.45) is 0.457. The van der Waals surface area contributed by atoms with Crippen LogP contribution in [0.25, 0.3) is 0 Å². The molecule has 3 aromatic carbocycles. The Morgan fingerprint density at radius 1 is 1.00 bits per heavy atom. The van der Waals surface area contributed by atoms with E-state index in [9.17, 15) is 13.6 Å². The molecular weight excluding hydrogens is 462 g/mol. The molecule has 0 N–H and O–H groups in total. The third-order valence-corrected chi connectivity index (χ3v) is 6.02. The molecule has 6 nitrogen and oxygen atoms in total. The number of nitrogens with zero attached hydrogens (tertiary/aromatic N) is 4. The summed E-state index contributed by atoms with van der Waals surface area (Å²) < 4.78 is 34.1. The molecule has 1 aliphatic heterocycles. The number of benzene rings is 3. The second-order valence-electron chi connectivity index (χ2n) is 8.62. The van der Waals surface area contributed by atoms with Crippen LogP contribution >= 0.6 is 0 Å². The highest BCUT2D eigenvalue weighted by atomic mass is 19.1. The van der Waals surface area contributed by atoms with Crippen LogP contribution in [0.3, 0.4) is 0 Å². The molecule has 0 fully saturated rings. The van der Waals surface area contributed by atoms with Gasteiger partial charge in [-0.3, -0.25) is 4.79 Å². The van der Waals surface area contributed by atoms with Gasteiger partial charge in [-0.15, -0.1) is 0 Å². The summed E-state index contributed by atoms with van der Waals surface area (Å²) in [5.41, 5.74) is 2.68. The Balaban J connectivity index is 1.49. The number of halogens is 2. The number of para-hydroxylation sites is 1. The maximum absolute atomic E-state index is 14.4. The Hall–Kier alpha value is -4.33. The van der Waals surface area contributed by atoms with Gasteiger partial charge in [0.15, 0.2) is 11.6 Å². The maximum atomic E-state index is 14.4. The van der Waals surface area contributed by atoms with Gasteiger partial charge in [-0.05, 0) is 35.9 Å². The molecule has 0 aliphatic carbocycles. The average molecular weight is 487 g/mol. The Labute approximate surface area is 207 Å². The van der Waals surface area contributed by atoms with Crippen molar-refractivity contribution in [1.29, 1.82) is 0 Å². The van der Waals surface area contributed by atoms with Crippen LogP contribution in [0, 0.1) is 11.6 Å². The summed E-state index contributed by atoms with van der Waals surface area (Å²) >= 11 is 0. The Morgan fingerprint density at radius 2 is 1.78 bits per heavy atom. The fraction of sp³-hybridized carbons (Fsp3) is 0.179. The van der Waals surface area contributed by atoms with Gasteiger partial charge in [0.1, 0.15) is 5.82 Å². The van der Waals surface area contributed by atoms with Gasteiger partial charge in [0.2, 0.25) is 11.8 Å². The number of aromatic nitrogens is 2. The van der Waals surface area contributed by atoms with Gasteiger partial charge in [-0.25, -0.2) is 13.8 Å². The van der Waals surface area contributed by atoms with Gasteiger partial charge in [-0.2, -0.15) is 4.98 Å². The van der Waals surface area contributed by atoms with Gasteiger partial charge in [-0.1, -0.05) is 48.5 Å². The summed E-state index contributed by atoms with van der Waals surface area (Å²) in [5.74, 6) is -0.639. The van der Waals surface area contributed by atoms with E-state index in [1.54, 1.807) is 23.1 Å². The number of hydrogen-bond acceptors (Lipinski definition) is 5. The molecular formula is C28H24F2N4O2. The van der Waals surface area contributed by atoms with E-state index in [2.05, 4.69) is 4.98 Å². The summed E-state index contributed by atoms with van der Waals surface area (Å²) in [7, 11) is 1.88. The Morgan fingerprint density at radius 3 is 2.56 bits per heavy atom. The Kier molecular flexibility index (Phi) is 6.58. The highest BCUT2D eigenvalue weighted by Gasteiger charge is 2.28. The smallest absolute Gasteiger partial charge is 0.254 e. The molecule has 0 bridgehead atoms. The van der Waals surface area contributed by atoms with Crippen molar-refractivity contribution < 1.29 is 18.3 Å². The van der Waals surface area contributed by atoms with Gasteiger partial charge in [0.25, 0.3) is 5.91 Å². The number of amides is 1. The second-order valence-corrected chi connectivity index (χ2v) is 8.62. The van der Waals surface area contributed by atoms with Crippen LogP contribution in [0.15, 0.2) is 78.9 Å². The minimum absolute atomic E-state index is 0.0312. The molecule has 0 atom stereocenters. The maximum Gasteiger partial charge on any atom is 0.254 e. The molecule has 1 aliphatic rings. The summed E-state index contributed by atoms with van der Waals surface area (Å²) in [5, 5.41) is 0. The van der Waals surface area contributed by atoms with Gasteiger partial charge in [0, 0.05) is 32.1 Å². The molecule has 4 aromatic rings. The van der Waals surface area contributed by atoms with Crippen molar-refractivity contribution in [2.45, 2.75) is 19.5 Å². The topological polar surface area (TPSA) is 58.6 Å². The van der Waals surface area contributed by atoms with Gasteiger partial charge >= 0.3 is 0 Å². The van der Waals surface area contributed by atoms with Crippen LogP contribution in [0.4, 0.5) is 14.7 Å². The fourth-order valence-corrected chi connectivity index (χ4v) is 4.16. The molecule has 0 unspecified atom stereocenters. The van der Waals surface area contributed by atoms with E-state index in [4.69, 9.17) is 9.72 Å². The summed E-state index contributed by atoms with van der Waals surface area (Å²) in [6, 6.07) is 21.6. The zero-order valence-corrected chi connectivity index (χ0v) is 19.7. The molecule has 0 spiro atoms. The second kappa shape index (κ2) is 10.1. The number of carbonyl (C=O) groups is 1. The third kappa shape index (κ3) is 5.02. The van der Waals surface area contributed by atoms with Crippen molar-refractivity contribution in [3.8, 4) is 11.6 Å². The third-order valence-electron chi connectivity index (χ3n) is 6.02. The lowest BCUT2D eigenvalue weighted by Gasteiger charge is -2.30. The quantitative estimate of drug-likeness (QED) is 0.366. The standard InChI is InChI=1S/C28H24F2N4O2/c1-33(17-19-8-3-2-4-9-19)28-31-24-14-15-34(27(35)20-10-7-11-21(29)16-20)18-22(24)26(32-28)36-25-13-6-5-12-23(25)30/h2-13,16H,14-15,17-18H2,1H3. The van der Waals surface area contributed by atoms with Crippen molar-refractivity contribution in [1.82, 2.24) is 14.9 Å². The van der Waals surface area contributed by atoms with E-state index < -0.39 is 11.6 Å². The van der Waals surface area contributed by atoms with E-state index in [0.29, 0.717) is 31.0 Å². The van der Waals surface area contributed by atoms with Crippen molar-refractivity contribution in [2.24, 2.45) is 0 Å². The normalized spacial score (nSPS) is 12.7. The predicted molar refractivity (Wildman–Crippen MR) is 132 cm³/mol. The van der Waals surface area contributed by atoms with Crippen molar-refractivity contribution >= 4 is 11.9 Å². The molecule has 36 heavy (non-hydrogen) atoms. The first-order valence-corrected chi connectivity index (χ1v) is 11.6. The van der Waals surface area contributed by atoms with Gasteiger partial charge < -0.3 is 14.5 Å². The lowest BCUT2D eigenvalue weighted by molar-refractivity contribution is 0.0731. The van der Waals surface area contributed by atoms with Gasteiger partial charge in [0.05, 0.1) is 17.8 Å². The van der Waals surface area contributed by atoms with Crippen molar-refractivity contribution in [3.63, 3.8) is 0 Å². The first kappa shape index (κ1) is 23.4. The van der Waals surface area contributed by atoms with E-state index in [0.717, 1.165) is 11.3 Å². The lowest BCUT2D eigenvalue weighted by atomic mass is 10.0. The Bertz CT molecular complexity index is 1400. The number of fused-ring (bicyclic) bond motifs is 1. The monoisotopic (exact) mass is 486 g/mol. The highest BCUT2D eigenvalue weighted by molar-refractivity contribution is 5.94. The fourth-order valence-electron chi connectivity index (χ4n) is 4.16. The minimum Gasteiger partial charge on any atom is -0.435 e.